The minimum atomic E-state index is -1.07. The summed E-state index contributed by atoms with van der Waals surface area (Å²) in [5.74, 6) is -1.31. The molecule has 1 rings (SSSR count). The Hall–Kier alpha value is -1.56. The highest BCUT2D eigenvalue weighted by atomic mass is 16.5. The molecule has 1 unspecified atom stereocenters. The minimum absolute atomic E-state index is 0.153. The summed E-state index contributed by atoms with van der Waals surface area (Å²) in [6.07, 6.45) is 2.29. The van der Waals surface area contributed by atoms with E-state index in [0.29, 0.717) is 0 Å². The van der Waals surface area contributed by atoms with Gasteiger partial charge in [0, 0.05) is 0 Å². The van der Waals surface area contributed by atoms with Crippen molar-refractivity contribution >= 4 is 11.9 Å². The normalized spacial score (nSPS) is 21.1. The number of aliphatic carboxylic acids is 1. The molecule has 0 aromatic heterocycles. The Morgan fingerprint density at radius 3 is 2.93 bits per heavy atom. The van der Waals surface area contributed by atoms with Crippen LogP contribution in [0, 0.1) is 0 Å². The second kappa shape index (κ2) is 4.61. The Kier molecular flexibility index (Phi) is 3.47. The SMILES string of the molecule is O=C(O)CN1C(=O)CC1OC=CCO. The topological polar surface area (TPSA) is 87.1 Å². The number of carbonyl (C=O) groups is 2. The fourth-order valence-corrected chi connectivity index (χ4v) is 1.07. The molecule has 1 amide bonds. The Bertz CT molecular complexity index is 262. The molecule has 0 spiro atoms. The van der Waals surface area contributed by atoms with Gasteiger partial charge in [-0.25, -0.2) is 0 Å². The first-order valence-corrected chi connectivity index (χ1v) is 4.07. The average molecular weight is 201 g/mol. The second-order valence-electron chi connectivity index (χ2n) is 2.76. The molecule has 1 aliphatic heterocycles. The number of carboxylic acids is 1. The highest BCUT2D eigenvalue weighted by Crippen LogP contribution is 2.19. The lowest BCUT2D eigenvalue weighted by Crippen LogP contribution is -2.55. The fourth-order valence-electron chi connectivity index (χ4n) is 1.07. The number of aliphatic hydroxyl groups excluding tert-OH is 1. The molecule has 2 N–H and O–H groups in total. The van der Waals surface area contributed by atoms with Crippen molar-refractivity contribution in [2.24, 2.45) is 0 Å². The third-order valence-corrected chi connectivity index (χ3v) is 1.76. The van der Waals surface area contributed by atoms with Crippen LogP contribution >= 0.6 is 0 Å². The lowest BCUT2D eigenvalue weighted by molar-refractivity contribution is -0.171. The van der Waals surface area contributed by atoms with Crippen LogP contribution in [0.25, 0.3) is 0 Å². The predicted octanol–water partition coefficient (Wildman–Crippen LogP) is -0.848. The van der Waals surface area contributed by atoms with Gasteiger partial charge in [-0.05, 0) is 6.08 Å². The number of hydrogen-bond donors (Lipinski definition) is 2. The monoisotopic (exact) mass is 201 g/mol. The van der Waals surface area contributed by atoms with E-state index >= 15 is 0 Å². The van der Waals surface area contributed by atoms with Gasteiger partial charge in [-0.3, -0.25) is 14.5 Å². The first-order valence-electron chi connectivity index (χ1n) is 4.07. The molecule has 1 fully saturated rings. The average Bonchev–Trinajstić information content (AvgIpc) is 2.13. The predicted molar refractivity (Wildman–Crippen MR) is 45.1 cm³/mol. The van der Waals surface area contributed by atoms with Crippen LogP contribution in [0.2, 0.25) is 0 Å². The van der Waals surface area contributed by atoms with Gasteiger partial charge in [0.25, 0.3) is 0 Å². The molecule has 0 aromatic rings. The van der Waals surface area contributed by atoms with Crippen LogP contribution in [0.5, 0.6) is 0 Å². The van der Waals surface area contributed by atoms with Crippen LogP contribution in [0.4, 0.5) is 0 Å². The van der Waals surface area contributed by atoms with Crippen LogP contribution in [0.15, 0.2) is 12.3 Å². The van der Waals surface area contributed by atoms with Crippen molar-refractivity contribution < 1.29 is 24.5 Å². The van der Waals surface area contributed by atoms with E-state index in [1.807, 2.05) is 0 Å². The lowest BCUT2D eigenvalue weighted by Gasteiger charge is -2.37. The molecule has 0 aromatic carbocycles. The van der Waals surface area contributed by atoms with Crippen molar-refractivity contribution in [2.75, 3.05) is 13.2 Å². The number of carboxylic acid groups (broad SMARTS) is 1. The Labute approximate surface area is 80.4 Å². The Balaban J connectivity index is 2.36. The van der Waals surface area contributed by atoms with E-state index in [4.69, 9.17) is 14.9 Å². The maximum Gasteiger partial charge on any atom is 0.323 e. The van der Waals surface area contributed by atoms with Crippen molar-refractivity contribution in [3.05, 3.63) is 12.3 Å². The number of rotatable bonds is 5. The molecule has 0 bridgehead atoms. The number of nitrogens with zero attached hydrogens (tertiary/aromatic N) is 1. The van der Waals surface area contributed by atoms with Gasteiger partial charge in [0.15, 0.2) is 6.23 Å². The molecular formula is C8H11NO5. The summed E-state index contributed by atoms with van der Waals surface area (Å²) in [5, 5.41) is 16.8. The van der Waals surface area contributed by atoms with E-state index in [2.05, 4.69) is 0 Å². The number of aliphatic hydroxyl groups is 1. The summed E-state index contributed by atoms with van der Waals surface area (Å²) in [6.45, 7) is -0.504. The summed E-state index contributed by atoms with van der Waals surface area (Å²) in [5.41, 5.74) is 0. The van der Waals surface area contributed by atoms with E-state index in [0.717, 1.165) is 4.90 Å². The van der Waals surface area contributed by atoms with Crippen molar-refractivity contribution in [1.82, 2.24) is 4.90 Å². The van der Waals surface area contributed by atoms with Gasteiger partial charge < -0.3 is 14.9 Å². The van der Waals surface area contributed by atoms with E-state index in [9.17, 15) is 9.59 Å². The van der Waals surface area contributed by atoms with Gasteiger partial charge in [-0.1, -0.05) is 0 Å². The third kappa shape index (κ3) is 2.46. The molecule has 14 heavy (non-hydrogen) atoms. The van der Waals surface area contributed by atoms with Crippen molar-refractivity contribution in [3.8, 4) is 0 Å². The molecule has 1 atom stereocenters. The van der Waals surface area contributed by atoms with Gasteiger partial charge in [0.2, 0.25) is 5.91 Å². The van der Waals surface area contributed by atoms with Crippen LogP contribution < -0.4 is 0 Å². The standard InChI is InChI=1S/C8H11NO5/c10-2-1-3-14-7-4-6(11)9(7)5-8(12)13/h1,3,7,10H,2,4-5H2,(H,12,13). The summed E-state index contributed by atoms with van der Waals surface area (Å²) in [4.78, 5) is 22.3. The quantitative estimate of drug-likeness (QED) is 0.447. The number of β-lactam (4-membered cyclic amide) rings is 1. The molecule has 1 aliphatic rings. The lowest BCUT2D eigenvalue weighted by atomic mass is 10.1. The molecule has 1 heterocycles. The summed E-state index contributed by atoms with van der Waals surface area (Å²) in [6, 6.07) is 0. The largest absolute Gasteiger partial charge is 0.480 e. The zero-order valence-electron chi connectivity index (χ0n) is 7.42. The highest BCUT2D eigenvalue weighted by Gasteiger charge is 2.38. The van der Waals surface area contributed by atoms with Gasteiger partial charge in [0.1, 0.15) is 6.54 Å². The number of likely N-dealkylation sites (tertiary alicyclic amines) is 1. The van der Waals surface area contributed by atoms with Crippen LogP contribution in [-0.4, -0.2) is 46.4 Å². The fraction of sp³-hybridized carbons (Fsp3) is 0.500. The number of amides is 1. The van der Waals surface area contributed by atoms with Crippen molar-refractivity contribution in [2.45, 2.75) is 12.6 Å². The number of hydrogen-bond acceptors (Lipinski definition) is 4. The molecule has 1 saturated heterocycles. The van der Waals surface area contributed by atoms with E-state index in [-0.39, 0.29) is 25.5 Å². The summed E-state index contributed by atoms with van der Waals surface area (Å²) < 4.78 is 5.00. The van der Waals surface area contributed by atoms with E-state index in [1.165, 1.54) is 12.3 Å². The molecular weight excluding hydrogens is 190 g/mol. The second-order valence-corrected chi connectivity index (χ2v) is 2.76. The molecule has 0 aliphatic carbocycles. The number of carbonyl (C=O) groups excluding carboxylic acids is 1. The smallest absolute Gasteiger partial charge is 0.323 e. The van der Waals surface area contributed by atoms with Gasteiger partial charge >= 0.3 is 5.97 Å². The maximum absolute atomic E-state index is 10.9. The maximum atomic E-state index is 10.9. The first-order chi connectivity index (χ1) is 6.65. The molecule has 6 heteroatoms. The first kappa shape index (κ1) is 10.5. The molecule has 6 nitrogen and oxygen atoms in total. The van der Waals surface area contributed by atoms with Gasteiger partial charge in [-0.2, -0.15) is 0 Å². The zero-order chi connectivity index (χ0) is 10.6. The summed E-state index contributed by atoms with van der Waals surface area (Å²) in [7, 11) is 0. The van der Waals surface area contributed by atoms with Gasteiger partial charge in [0.05, 0.1) is 19.3 Å². The minimum Gasteiger partial charge on any atom is -0.480 e. The van der Waals surface area contributed by atoms with Gasteiger partial charge in [-0.15, -0.1) is 0 Å². The third-order valence-electron chi connectivity index (χ3n) is 1.76. The molecule has 0 saturated carbocycles. The van der Waals surface area contributed by atoms with Crippen LogP contribution in [-0.2, 0) is 14.3 Å². The van der Waals surface area contributed by atoms with E-state index < -0.39 is 12.2 Å². The Morgan fingerprint density at radius 2 is 2.43 bits per heavy atom. The number of ether oxygens (including phenoxy) is 1. The molecule has 78 valence electrons. The highest BCUT2D eigenvalue weighted by molar-refractivity contribution is 5.86. The Morgan fingerprint density at radius 1 is 1.71 bits per heavy atom. The van der Waals surface area contributed by atoms with Crippen molar-refractivity contribution in [3.63, 3.8) is 0 Å². The summed E-state index contributed by atoms with van der Waals surface area (Å²) >= 11 is 0. The van der Waals surface area contributed by atoms with E-state index in [1.54, 1.807) is 0 Å². The molecule has 0 radical (unpaired) electrons. The van der Waals surface area contributed by atoms with Crippen LogP contribution in [0.3, 0.4) is 0 Å². The zero-order valence-corrected chi connectivity index (χ0v) is 7.42. The van der Waals surface area contributed by atoms with Crippen LogP contribution in [0.1, 0.15) is 6.42 Å². The van der Waals surface area contributed by atoms with Crippen molar-refractivity contribution in [1.29, 1.82) is 0 Å².